The van der Waals surface area contributed by atoms with Crippen LogP contribution in [0.3, 0.4) is 0 Å². The first-order valence-electron chi connectivity index (χ1n) is 4.14. The quantitative estimate of drug-likeness (QED) is 0.683. The van der Waals surface area contributed by atoms with E-state index in [-0.39, 0.29) is 18.4 Å². The maximum Gasteiger partial charge on any atom is 0.270 e. The molecule has 0 spiro atoms. The third kappa shape index (κ3) is 2.85. The number of rotatable bonds is 3. The summed E-state index contributed by atoms with van der Waals surface area (Å²) in [6.45, 7) is -0.0358. The van der Waals surface area contributed by atoms with E-state index in [1.807, 2.05) is 0 Å². The summed E-state index contributed by atoms with van der Waals surface area (Å²) in [5.41, 5.74) is 0.302. The van der Waals surface area contributed by atoms with Gasteiger partial charge in [0.1, 0.15) is 5.69 Å². The van der Waals surface area contributed by atoms with E-state index in [9.17, 15) is 9.59 Å². The van der Waals surface area contributed by atoms with Gasteiger partial charge in [0.15, 0.2) is 0 Å². The van der Waals surface area contributed by atoms with Crippen molar-refractivity contribution in [1.82, 2.24) is 15.6 Å². The first-order chi connectivity index (χ1) is 6.74. The highest BCUT2D eigenvalue weighted by Gasteiger charge is 2.06. The molecule has 1 rings (SSSR count). The zero-order valence-electron chi connectivity index (χ0n) is 7.78. The predicted molar refractivity (Wildman–Crippen MR) is 50.6 cm³/mol. The second-order valence-electron chi connectivity index (χ2n) is 2.57. The maximum absolute atomic E-state index is 11.3. The lowest BCUT2D eigenvalue weighted by atomic mass is 10.3. The zero-order chi connectivity index (χ0) is 10.4. The van der Waals surface area contributed by atoms with Crippen molar-refractivity contribution in [3.05, 3.63) is 30.1 Å². The van der Waals surface area contributed by atoms with E-state index in [1.54, 1.807) is 18.2 Å². The van der Waals surface area contributed by atoms with Gasteiger partial charge in [0.2, 0.25) is 5.91 Å². The Labute approximate surface area is 81.5 Å². The average Bonchev–Trinajstić information content (AvgIpc) is 2.26. The van der Waals surface area contributed by atoms with E-state index in [1.165, 1.54) is 13.2 Å². The van der Waals surface area contributed by atoms with E-state index in [0.717, 1.165) is 0 Å². The molecule has 0 atom stereocenters. The summed E-state index contributed by atoms with van der Waals surface area (Å²) in [7, 11) is 1.51. The Morgan fingerprint density at radius 3 is 2.79 bits per heavy atom. The lowest BCUT2D eigenvalue weighted by molar-refractivity contribution is -0.119. The van der Waals surface area contributed by atoms with Crippen LogP contribution in [-0.2, 0) is 4.79 Å². The predicted octanol–water partition coefficient (Wildman–Crippen LogP) is -0.443. The number of hydrogen-bond donors (Lipinski definition) is 2. The van der Waals surface area contributed by atoms with Gasteiger partial charge in [-0.3, -0.25) is 14.6 Å². The van der Waals surface area contributed by atoms with Gasteiger partial charge in [0, 0.05) is 13.2 Å². The van der Waals surface area contributed by atoms with Gasteiger partial charge in [-0.2, -0.15) is 0 Å². The van der Waals surface area contributed by atoms with Crippen LogP contribution in [0.1, 0.15) is 10.5 Å². The summed E-state index contributed by atoms with van der Waals surface area (Å²) in [6.07, 6.45) is 1.52. The van der Waals surface area contributed by atoms with Crippen molar-refractivity contribution in [2.24, 2.45) is 0 Å². The van der Waals surface area contributed by atoms with Gasteiger partial charge < -0.3 is 10.6 Å². The number of pyridine rings is 1. The fourth-order valence-electron chi connectivity index (χ4n) is 0.837. The van der Waals surface area contributed by atoms with Crippen molar-refractivity contribution >= 4 is 11.8 Å². The van der Waals surface area contributed by atoms with Gasteiger partial charge in [0.05, 0.1) is 6.54 Å². The third-order valence-electron chi connectivity index (χ3n) is 1.59. The summed E-state index contributed by atoms with van der Waals surface area (Å²) in [5, 5.41) is 4.83. The first-order valence-corrected chi connectivity index (χ1v) is 4.14. The normalized spacial score (nSPS) is 9.21. The number of hydrogen-bond acceptors (Lipinski definition) is 3. The van der Waals surface area contributed by atoms with Crippen LogP contribution in [0.5, 0.6) is 0 Å². The van der Waals surface area contributed by atoms with Crippen LogP contribution < -0.4 is 10.6 Å². The Balaban J connectivity index is 2.48. The van der Waals surface area contributed by atoms with E-state index in [2.05, 4.69) is 15.6 Å². The fourth-order valence-corrected chi connectivity index (χ4v) is 0.837. The molecule has 0 saturated heterocycles. The molecule has 0 fully saturated rings. The van der Waals surface area contributed by atoms with Crippen molar-refractivity contribution in [3.63, 3.8) is 0 Å². The van der Waals surface area contributed by atoms with Gasteiger partial charge in [0.25, 0.3) is 5.91 Å². The van der Waals surface area contributed by atoms with Crippen LogP contribution in [0.25, 0.3) is 0 Å². The smallest absolute Gasteiger partial charge is 0.270 e. The summed E-state index contributed by atoms with van der Waals surface area (Å²) >= 11 is 0. The number of amides is 2. The molecule has 1 aromatic rings. The molecule has 0 aliphatic heterocycles. The number of carbonyl (C=O) groups excluding carboxylic acids is 2. The minimum absolute atomic E-state index is 0.0358. The molecule has 1 heterocycles. The summed E-state index contributed by atoms with van der Waals surface area (Å²) < 4.78 is 0. The molecular weight excluding hydrogens is 182 g/mol. The van der Waals surface area contributed by atoms with Crippen molar-refractivity contribution in [2.45, 2.75) is 0 Å². The molecule has 5 nitrogen and oxygen atoms in total. The van der Waals surface area contributed by atoms with E-state index >= 15 is 0 Å². The molecule has 0 aliphatic rings. The van der Waals surface area contributed by atoms with Gasteiger partial charge in [-0.1, -0.05) is 6.07 Å². The SMILES string of the molecule is CNC(=O)CNC(=O)c1ccccn1. The lowest BCUT2D eigenvalue weighted by Crippen LogP contribution is -2.35. The van der Waals surface area contributed by atoms with Gasteiger partial charge in [-0.25, -0.2) is 0 Å². The molecule has 14 heavy (non-hydrogen) atoms. The molecule has 0 aliphatic carbocycles. The first kappa shape index (κ1) is 10.2. The highest BCUT2D eigenvalue weighted by Crippen LogP contribution is 1.91. The Morgan fingerprint density at radius 1 is 1.43 bits per heavy atom. The largest absolute Gasteiger partial charge is 0.358 e. The second kappa shape index (κ2) is 4.96. The summed E-state index contributed by atoms with van der Waals surface area (Å²) in [6, 6.07) is 5.01. The third-order valence-corrected chi connectivity index (χ3v) is 1.59. The Kier molecular flexibility index (Phi) is 3.60. The minimum Gasteiger partial charge on any atom is -0.358 e. The number of nitrogens with zero attached hydrogens (tertiary/aromatic N) is 1. The molecule has 0 bridgehead atoms. The minimum atomic E-state index is -0.353. The Morgan fingerprint density at radius 2 is 2.21 bits per heavy atom. The van der Waals surface area contributed by atoms with Crippen LogP contribution >= 0.6 is 0 Å². The topological polar surface area (TPSA) is 71.1 Å². The molecule has 1 aromatic heterocycles. The standard InChI is InChI=1S/C9H11N3O2/c1-10-8(13)6-12-9(14)7-4-2-3-5-11-7/h2-5H,6H2,1H3,(H,10,13)(H,12,14). The molecule has 0 saturated carbocycles. The zero-order valence-corrected chi connectivity index (χ0v) is 7.78. The number of nitrogens with one attached hydrogen (secondary N) is 2. The lowest BCUT2D eigenvalue weighted by Gasteiger charge is -2.02. The van der Waals surface area contributed by atoms with Crippen LogP contribution in [0.15, 0.2) is 24.4 Å². The van der Waals surface area contributed by atoms with Crippen LogP contribution in [0.2, 0.25) is 0 Å². The molecule has 0 aromatic carbocycles. The second-order valence-corrected chi connectivity index (χ2v) is 2.57. The molecule has 0 unspecified atom stereocenters. The van der Waals surface area contributed by atoms with E-state index in [4.69, 9.17) is 0 Å². The molecule has 0 radical (unpaired) electrons. The molecule has 5 heteroatoms. The molecular formula is C9H11N3O2. The molecule has 2 N–H and O–H groups in total. The number of likely N-dealkylation sites (N-methyl/N-ethyl adjacent to an activating group) is 1. The van der Waals surface area contributed by atoms with E-state index in [0.29, 0.717) is 5.69 Å². The van der Waals surface area contributed by atoms with Crippen molar-refractivity contribution in [1.29, 1.82) is 0 Å². The number of aromatic nitrogens is 1. The Bertz CT molecular complexity index is 324. The summed E-state index contributed by atoms with van der Waals surface area (Å²) in [4.78, 5) is 26.0. The number of carbonyl (C=O) groups is 2. The monoisotopic (exact) mass is 193 g/mol. The summed E-state index contributed by atoms with van der Waals surface area (Å²) in [5.74, 6) is -0.594. The van der Waals surface area contributed by atoms with Crippen molar-refractivity contribution in [2.75, 3.05) is 13.6 Å². The highest BCUT2D eigenvalue weighted by molar-refractivity contribution is 5.94. The Hall–Kier alpha value is -1.91. The highest BCUT2D eigenvalue weighted by atomic mass is 16.2. The van der Waals surface area contributed by atoms with Gasteiger partial charge >= 0.3 is 0 Å². The van der Waals surface area contributed by atoms with Crippen molar-refractivity contribution in [3.8, 4) is 0 Å². The van der Waals surface area contributed by atoms with Crippen LogP contribution in [0, 0.1) is 0 Å². The fraction of sp³-hybridized carbons (Fsp3) is 0.222. The maximum atomic E-state index is 11.3. The van der Waals surface area contributed by atoms with Gasteiger partial charge in [-0.15, -0.1) is 0 Å². The van der Waals surface area contributed by atoms with Crippen LogP contribution in [0.4, 0.5) is 0 Å². The van der Waals surface area contributed by atoms with E-state index < -0.39 is 0 Å². The average molecular weight is 193 g/mol. The van der Waals surface area contributed by atoms with Gasteiger partial charge in [-0.05, 0) is 12.1 Å². The van der Waals surface area contributed by atoms with Crippen LogP contribution in [-0.4, -0.2) is 30.4 Å². The molecule has 2 amide bonds. The van der Waals surface area contributed by atoms with Crippen molar-refractivity contribution < 1.29 is 9.59 Å². The molecule has 74 valence electrons.